The van der Waals surface area contributed by atoms with Crippen LogP contribution < -0.4 is 0 Å². The van der Waals surface area contributed by atoms with Crippen LogP contribution in [0.1, 0.15) is 26.7 Å². The number of hydrogen-bond acceptors (Lipinski definition) is 1. The first-order valence-corrected chi connectivity index (χ1v) is 3.09. The summed E-state index contributed by atoms with van der Waals surface area (Å²) in [5.74, 6) is 0.709. The van der Waals surface area contributed by atoms with Crippen LogP contribution in [0.15, 0.2) is 0 Å². The topological polar surface area (TPSA) is 9.23 Å². The molecule has 0 amide bonds. The van der Waals surface area contributed by atoms with Crippen molar-refractivity contribution >= 4 is 0 Å². The van der Waals surface area contributed by atoms with Gasteiger partial charge in [0, 0.05) is 6.61 Å². The van der Waals surface area contributed by atoms with Crippen LogP contribution in [0, 0.1) is 13.0 Å². The Morgan fingerprint density at radius 2 is 2.25 bits per heavy atom. The smallest absolute Gasteiger partial charge is 0.173 e. The van der Waals surface area contributed by atoms with E-state index in [-0.39, 0.29) is 0 Å². The summed E-state index contributed by atoms with van der Waals surface area (Å²) in [6.45, 7) is 4.89. The van der Waals surface area contributed by atoms with Crippen molar-refractivity contribution in [1.82, 2.24) is 0 Å². The molecule has 3 radical (unpaired) electrons. The lowest BCUT2D eigenvalue weighted by Crippen LogP contribution is -1.96. The van der Waals surface area contributed by atoms with E-state index in [1.807, 2.05) is 0 Å². The van der Waals surface area contributed by atoms with Crippen LogP contribution >= 0.6 is 0 Å². The lowest BCUT2D eigenvalue weighted by molar-refractivity contribution is 0.217. The molecule has 0 rings (SSSR count). The van der Waals surface area contributed by atoms with Gasteiger partial charge in [-0.15, -0.1) is 0 Å². The first-order valence-electron chi connectivity index (χ1n) is 3.09. The number of ether oxygens (including phenoxy) is 1. The predicted octanol–water partition coefficient (Wildman–Crippen LogP) is 1.98. The van der Waals surface area contributed by atoms with Crippen molar-refractivity contribution in [1.29, 1.82) is 0 Å². The highest BCUT2D eigenvalue weighted by Crippen LogP contribution is 2.04. The van der Waals surface area contributed by atoms with Crippen molar-refractivity contribution in [3.05, 3.63) is 7.11 Å². The van der Waals surface area contributed by atoms with Gasteiger partial charge in [-0.3, -0.25) is 0 Å². The Hall–Kier alpha value is -0.0400. The Morgan fingerprint density at radius 1 is 1.62 bits per heavy atom. The summed E-state index contributed by atoms with van der Waals surface area (Å²) in [5, 5.41) is 0. The van der Waals surface area contributed by atoms with Crippen LogP contribution in [0.5, 0.6) is 0 Å². The molecule has 0 aromatic heterocycles. The van der Waals surface area contributed by atoms with Gasteiger partial charge in [-0.2, -0.15) is 0 Å². The fourth-order valence-corrected chi connectivity index (χ4v) is 0.464. The van der Waals surface area contributed by atoms with Gasteiger partial charge in [0.05, 0.1) is 0 Å². The maximum Gasteiger partial charge on any atom is 0.173 e. The van der Waals surface area contributed by atoms with E-state index >= 15 is 0 Å². The molecule has 47 valence electrons. The summed E-state index contributed by atoms with van der Waals surface area (Å²) < 4.78 is 4.16. The van der Waals surface area contributed by atoms with E-state index < -0.39 is 0 Å². The molecular formula is C7H13O. The zero-order valence-corrected chi connectivity index (χ0v) is 5.61. The van der Waals surface area contributed by atoms with E-state index in [1.54, 1.807) is 0 Å². The molecule has 0 saturated carbocycles. The second kappa shape index (κ2) is 5.10. The largest absolute Gasteiger partial charge is 0.365 e. The molecule has 1 unspecified atom stereocenters. The third-order valence-electron chi connectivity index (χ3n) is 1.41. The average molecular weight is 113 g/mol. The molecule has 1 nitrogen and oxygen atoms in total. The minimum Gasteiger partial charge on any atom is -0.365 e. The van der Waals surface area contributed by atoms with Crippen LogP contribution in [-0.2, 0) is 4.74 Å². The van der Waals surface area contributed by atoms with E-state index in [1.165, 1.54) is 6.42 Å². The molecule has 0 spiro atoms. The molecule has 8 heavy (non-hydrogen) atoms. The fourth-order valence-electron chi connectivity index (χ4n) is 0.464. The van der Waals surface area contributed by atoms with E-state index in [2.05, 4.69) is 18.6 Å². The van der Waals surface area contributed by atoms with Crippen LogP contribution in [-0.4, -0.2) is 6.61 Å². The summed E-state index contributed by atoms with van der Waals surface area (Å²) in [5.41, 5.74) is 0. The monoisotopic (exact) mass is 113 g/mol. The van der Waals surface area contributed by atoms with Crippen molar-refractivity contribution in [2.75, 3.05) is 6.61 Å². The maximum atomic E-state index is 6.37. The standard InChI is InChI=1S/C7H13O/c1-4-7(2)5-6-8-3/h7H,4-6H2,1-2H3. The average Bonchev–Trinajstić information content (AvgIpc) is 1.83. The molecule has 0 bridgehead atoms. The zero-order chi connectivity index (χ0) is 6.41. The van der Waals surface area contributed by atoms with E-state index in [4.69, 9.17) is 7.11 Å². The van der Waals surface area contributed by atoms with Gasteiger partial charge in [0.2, 0.25) is 0 Å². The first kappa shape index (κ1) is 7.96. The highest BCUT2D eigenvalue weighted by atomic mass is 16.5. The van der Waals surface area contributed by atoms with Gasteiger partial charge in [-0.25, -0.2) is 0 Å². The summed E-state index contributed by atoms with van der Waals surface area (Å²) in [4.78, 5) is 0. The van der Waals surface area contributed by atoms with E-state index in [0.29, 0.717) is 12.5 Å². The minimum atomic E-state index is 0.578. The molecule has 1 atom stereocenters. The molecule has 0 heterocycles. The highest BCUT2D eigenvalue weighted by molar-refractivity contribution is 4.47. The Labute approximate surface area is 52.0 Å². The lowest BCUT2D eigenvalue weighted by Gasteiger charge is -2.04. The second-order valence-electron chi connectivity index (χ2n) is 2.15. The fraction of sp³-hybridized carbons (Fsp3) is 0.857. The third-order valence-corrected chi connectivity index (χ3v) is 1.41. The molecule has 0 aliphatic carbocycles. The summed E-state index contributed by atoms with van der Waals surface area (Å²) in [6, 6.07) is 0. The van der Waals surface area contributed by atoms with Crippen molar-refractivity contribution in [2.45, 2.75) is 26.7 Å². The molecule has 1 heteroatoms. The zero-order valence-electron chi connectivity index (χ0n) is 5.61. The quantitative estimate of drug-likeness (QED) is 0.541. The Kier molecular flexibility index (Phi) is 5.08. The van der Waals surface area contributed by atoms with Gasteiger partial charge < -0.3 is 4.74 Å². The van der Waals surface area contributed by atoms with Gasteiger partial charge in [0.1, 0.15) is 0 Å². The lowest BCUT2D eigenvalue weighted by atomic mass is 10.1. The van der Waals surface area contributed by atoms with Crippen molar-refractivity contribution in [2.24, 2.45) is 5.92 Å². The summed E-state index contributed by atoms with van der Waals surface area (Å²) in [6.07, 6.45) is 2.20. The SMILES string of the molecule is [C]OCCC(C)CC. The molecular weight excluding hydrogens is 100 g/mol. The Bertz CT molecular complexity index is 43.7. The molecule has 0 saturated heterocycles. The molecule has 0 aliphatic rings. The molecule has 0 fully saturated rings. The minimum absolute atomic E-state index is 0.578. The van der Waals surface area contributed by atoms with Crippen LogP contribution in [0.2, 0.25) is 0 Å². The normalized spacial score (nSPS) is 13.9. The van der Waals surface area contributed by atoms with Crippen molar-refractivity contribution in [3.63, 3.8) is 0 Å². The second-order valence-corrected chi connectivity index (χ2v) is 2.15. The van der Waals surface area contributed by atoms with E-state index in [0.717, 1.165) is 6.42 Å². The molecule has 0 aromatic rings. The van der Waals surface area contributed by atoms with Crippen LogP contribution in [0.25, 0.3) is 0 Å². The number of rotatable bonds is 4. The number of hydrogen-bond donors (Lipinski definition) is 0. The van der Waals surface area contributed by atoms with Gasteiger partial charge in [-0.1, -0.05) is 20.3 Å². The van der Waals surface area contributed by atoms with Crippen LogP contribution in [0.3, 0.4) is 0 Å². The molecule has 0 aromatic carbocycles. The molecule has 0 N–H and O–H groups in total. The maximum absolute atomic E-state index is 6.37. The van der Waals surface area contributed by atoms with Gasteiger partial charge >= 0.3 is 0 Å². The summed E-state index contributed by atoms with van der Waals surface area (Å²) >= 11 is 0. The highest BCUT2D eigenvalue weighted by Gasteiger charge is 1.95. The van der Waals surface area contributed by atoms with E-state index in [9.17, 15) is 0 Å². The summed E-state index contributed by atoms with van der Waals surface area (Å²) in [7, 11) is 6.37. The first-order chi connectivity index (χ1) is 3.81. The van der Waals surface area contributed by atoms with Gasteiger partial charge in [0.25, 0.3) is 0 Å². The van der Waals surface area contributed by atoms with Crippen molar-refractivity contribution < 1.29 is 4.74 Å². The predicted molar refractivity (Wildman–Crippen MR) is 33.3 cm³/mol. The third kappa shape index (κ3) is 4.13. The molecule has 0 aliphatic heterocycles. The van der Waals surface area contributed by atoms with Gasteiger partial charge in [0.15, 0.2) is 7.11 Å². The van der Waals surface area contributed by atoms with Gasteiger partial charge in [-0.05, 0) is 12.3 Å². The van der Waals surface area contributed by atoms with Crippen molar-refractivity contribution in [3.8, 4) is 0 Å². The Morgan fingerprint density at radius 3 is 2.62 bits per heavy atom. The van der Waals surface area contributed by atoms with Crippen LogP contribution in [0.4, 0.5) is 0 Å². The Balaban J connectivity index is 2.86.